The second kappa shape index (κ2) is 8.14. The van der Waals surface area contributed by atoms with Crippen LogP contribution in [-0.4, -0.2) is 43.8 Å². The lowest BCUT2D eigenvalue weighted by Crippen LogP contribution is -2.45. The second-order valence-electron chi connectivity index (χ2n) is 7.78. The number of fused-ring (bicyclic) bond motifs is 1. The summed E-state index contributed by atoms with van der Waals surface area (Å²) in [5.74, 6) is 0.0648. The highest BCUT2D eigenvalue weighted by molar-refractivity contribution is 7.91. The predicted molar refractivity (Wildman–Crippen MR) is 120 cm³/mol. The summed E-state index contributed by atoms with van der Waals surface area (Å²) in [7, 11) is -1.26. The zero-order valence-corrected chi connectivity index (χ0v) is 18.2. The average molecular weight is 426 g/mol. The van der Waals surface area contributed by atoms with Crippen LogP contribution in [0.3, 0.4) is 0 Å². The number of piperidine rings is 1. The van der Waals surface area contributed by atoms with E-state index in [-0.39, 0.29) is 17.7 Å². The van der Waals surface area contributed by atoms with Crippen molar-refractivity contribution in [3.8, 4) is 0 Å². The highest BCUT2D eigenvalue weighted by atomic mass is 32.2. The number of amides is 1. The topological polar surface area (TPSA) is 71.4 Å². The number of hydrogen-bond donors (Lipinski definition) is 1. The molecule has 2 aromatic carbocycles. The molecule has 4 rings (SSSR count). The van der Waals surface area contributed by atoms with Gasteiger partial charge in [0.15, 0.2) is 9.84 Å². The van der Waals surface area contributed by atoms with Crippen molar-refractivity contribution in [1.29, 1.82) is 0 Å². The monoisotopic (exact) mass is 425 g/mol. The molecule has 0 bridgehead atoms. The van der Waals surface area contributed by atoms with E-state index in [0.29, 0.717) is 10.6 Å². The Morgan fingerprint density at radius 1 is 1.07 bits per heavy atom. The summed E-state index contributed by atoms with van der Waals surface area (Å²) in [6.45, 7) is 3.29. The lowest BCUT2D eigenvalue weighted by atomic mass is 10.0. The fraction of sp³-hybridized carbons (Fsp3) is 0.348. The Balaban J connectivity index is 1.37. The first-order valence-electron chi connectivity index (χ1n) is 10.3. The molecule has 1 amide bonds. The van der Waals surface area contributed by atoms with Gasteiger partial charge in [-0.1, -0.05) is 25.1 Å². The number of para-hydroxylation sites is 1. The maximum absolute atomic E-state index is 12.8. The zero-order valence-electron chi connectivity index (χ0n) is 17.3. The molecule has 0 saturated carbocycles. The molecule has 1 saturated heterocycles. The summed E-state index contributed by atoms with van der Waals surface area (Å²) in [4.78, 5) is 15.4. The molecule has 1 aliphatic rings. The van der Waals surface area contributed by atoms with Gasteiger partial charge in [0, 0.05) is 42.8 Å². The molecule has 3 aromatic rings. The molecule has 1 aliphatic heterocycles. The molecule has 6 nitrogen and oxygen atoms in total. The number of hydrogen-bond acceptors (Lipinski definition) is 4. The molecular formula is C23H27N3O3S. The van der Waals surface area contributed by atoms with Gasteiger partial charge in [-0.3, -0.25) is 4.79 Å². The van der Waals surface area contributed by atoms with Gasteiger partial charge in [0.25, 0.3) is 5.91 Å². The number of carbonyl (C=O) groups is 1. The van der Waals surface area contributed by atoms with Gasteiger partial charge in [-0.15, -0.1) is 0 Å². The van der Waals surface area contributed by atoms with Crippen LogP contribution in [-0.2, 0) is 16.9 Å². The number of aromatic nitrogens is 1. The number of rotatable bonds is 5. The molecule has 30 heavy (non-hydrogen) atoms. The van der Waals surface area contributed by atoms with Crippen LogP contribution < -0.4 is 10.2 Å². The molecule has 1 fully saturated rings. The van der Waals surface area contributed by atoms with Crippen molar-refractivity contribution in [2.75, 3.05) is 23.7 Å². The van der Waals surface area contributed by atoms with Gasteiger partial charge in [-0.25, -0.2) is 8.42 Å². The highest BCUT2D eigenvalue weighted by Gasteiger charge is 2.23. The van der Waals surface area contributed by atoms with Crippen molar-refractivity contribution in [2.45, 2.75) is 30.7 Å². The first kappa shape index (κ1) is 20.5. The Morgan fingerprint density at radius 2 is 1.73 bits per heavy atom. The van der Waals surface area contributed by atoms with Crippen molar-refractivity contribution >= 4 is 32.3 Å². The third-order valence-electron chi connectivity index (χ3n) is 5.96. The maximum atomic E-state index is 12.8. The molecule has 7 heteroatoms. The summed E-state index contributed by atoms with van der Waals surface area (Å²) < 4.78 is 25.9. The van der Waals surface area contributed by atoms with Crippen LogP contribution in [0.15, 0.2) is 59.5 Å². The molecule has 158 valence electrons. The van der Waals surface area contributed by atoms with E-state index in [1.807, 2.05) is 54.1 Å². The Morgan fingerprint density at radius 3 is 2.37 bits per heavy atom. The van der Waals surface area contributed by atoms with Gasteiger partial charge in [-0.05, 0) is 49.2 Å². The number of benzene rings is 2. The molecule has 0 unspecified atom stereocenters. The summed E-state index contributed by atoms with van der Waals surface area (Å²) >= 11 is 0. The summed E-state index contributed by atoms with van der Waals surface area (Å²) in [6.07, 6.45) is 1.70. The van der Waals surface area contributed by atoms with Crippen molar-refractivity contribution in [3.63, 3.8) is 0 Å². The van der Waals surface area contributed by atoms with Crippen molar-refractivity contribution in [3.05, 3.63) is 60.3 Å². The van der Waals surface area contributed by atoms with E-state index in [9.17, 15) is 13.2 Å². The Labute approximate surface area is 177 Å². The number of nitrogens with zero attached hydrogens (tertiary/aromatic N) is 2. The molecule has 0 spiro atoms. The van der Waals surface area contributed by atoms with Gasteiger partial charge in [0.1, 0.15) is 5.69 Å². The quantitative estimate of drug-likeness (QED) is 0.680. The molecule has 1 aromatic heterocycles. The molecule has 2 heterocycles. The fourth-order valence-corrected chi connectivity index (χ4v) is 4.96. The SMILES string of the molecule is CCS(=O)(=O)c1ccc(N2CCC(NC(=O)c3cc4ccccc4n3C)CC2)cc1. The van der Waals surface area contributed by atoms with Crippen molar-refractivity contribution in [1.82, 2.24) is 9.88 Å². The standard InChI is InChI=1S/C23H27N3O3S/c1-3-30(28,29)20-10-8-19(9-11-20)26-14-12-18(13-15-26)24-23(27)22-16-17-6-4-5-7-21(17)25(22)2/h4-11,16,18H,3,12-15H2,1-2H3,(H,24,27). The van der Waals surface area contributed by atoms with Crippen molar-refractivity contribution in [2.24, 2.45) is 7.05 Å². The van der Waals surface area contributed by atoms with Crippen LogP contribution in [0.5, 0.6) is 0 Å². The zero-order chi connectivity index (χ0) is 21.3. The smallest absolute Gasteiger partial charge is 0.268 e. The van der Waals surface area contributed by atoms with Gasteiger partial charge in [0.2, 0.25) is 0 Å². The Kier molecular flexibility index (Phi) is 5.56. The van der Waals surface area contributed by atoms with Gasteiger partial charge in [-0.2, -0.15) is 0 Å². The molecule has 0 atom stereocenters. The van der Waals surface area contributed by atoms with Crippen LogP contribution in [0, 0.1) is 0 Å². The minimum atomic E-state index is -3.18. The third-order valence-corrected chi connectivity index (χ3v) is 7.71. The van der Waals surface area contributed by atoms with Crippen LogP contribution in [0.1, 0.15) is 30.3 Å². The number of nitrogens with one attached hydrogen (secondary N) is 1. The third kappa shape index (κ3) is 3.94. The lowest BCUT2D eigenvalue weighted by molar-refractivity contribution is 0.0923. The molecular weight excluding hydrogens is 398 g/mol. The first-order chi connectivity index (χ1) is 14.4. The van der Waals surface area contributed by atoms with Gasteiger partial charge >= 0.3 is 0 Å². The fourth-order valence-electron chi connectivity index (χ4n) is 4.08. The van der Waals surface area contributed by atoms with Crippen LogP contribution in [0.25, 0.3) is 10.9 Å². The van der Waals surface area contributed by atoms with E-state index in [2.05, 4.69) is 10.2 Å². The average Bonchev–Trinajstić information content (AvgIpc) is 3.11. The van der Waals surface area contributed by atoms with E-state index in [4.69, 9.17) is 0 Å². The lowest BCUT2D eigenvalue weighted by Gasteiger charge is -2.34. The van der Waals surface area contributed by atoms with E-state index in [0.717, 1.165) is 42.5 Å². The largest absolute Gasteiger partial charge is 0.371 e. The van der Waals surface area contributed by atoms with E-state index in [1.165, 1.54) is 0 Å². The molecule has 1 N–H and O–H groups in total. The van der Waals surface area contributed by atoms with Crippen LogP contribution in [0.2, 0.25) is 0 Å². The molecule has 0 radical (unpaired) electrons. The second-order valence-corrected chi connectivity index (χ2v) is 10.1. The van der Waals surface area contributed by atoms with E-state index >= 15 is 0 Å². The minimum absolute atomic E-state index is 0.0405. The van der Waals surface area contributed by atoms with Crippen molar-refractivity contribution < 1.29 is 13.2 Å². The summed E-state index contributed by atoms with van der Waals surface area (Å²) in [5, 5.41) is 4.24. The van der Waals surface area contributed by atoms with Gasteiger partial charge < -0.3 is 14.8 Å². The number of sulfone groups is 1. The van der Waals surface area contributed by atoms with Gasteiger partial charge in [0.05, 0.1) is 10.6 Å². The normalized spacial score (nSPS) is 15.5. The minimum Gasteiger partial charge on any atom is -0.371 e. The van der Waals surface area contributed by atoms with E-state index < -0.39 is 9.84 Å². The van der Waals surface area contributed by atoms with Crippen LogP contribution in [0.4, 0.5) is 5.69 Å². The summed E-state index contributed by atoms with van der Waals surface area (Å²) in [5.41, 5.74) is 2.74. The molecule has 0 aliphatic carbocycles. The van der Waals surface area contributed by atoms with Crippen LogP contribution >= 0.6 is 0 Å². The first-order valence-corrected chi connectivity index (χ1v) is 12.0. The highest BCUT2D eigenvalue weighted by Crippen LogP contribution is 2.23. The predicted octanol–water partition coefficient (Wildman–Crippen LogP) is 3.37. The van der Waals surface area contributed by atoms with E-state index in [1.54, 1.807) is 19.1 Å². The Hall–Kier alpha value is -2.80. The number of anilines is 1. The Bertz CT molecular complexity index is 1160. The summed E-state index contributed by atoms with van der Waals surface area (Å²) in [6, 6.07) is 17.2. The maximum Gasteiger partial charge on any atom is 0.268 e. The number of carbonyl (C=O) groups excluding carboxylic acids is 1. The number of aryl methyl sites for hydroxylation is 1.